The van der Waals surface area contributed by atoms with Gasteiger partial charge in [0, 0.05) is 18.7 Å². The summed E-state index contributed by atoms with van der Waals surface area (Å²) >= 11 is 0. The minimum Gasteiger partial charge on any atom is -0.378 e. The van der Waals surface area contributed by atoms with Crippen LogP contribution in [0, 0.1) is 5.82 Å². The molecular formula is C14H16FNO2. The highest BCUT2D eigenvalue weighted by Crippen LogP contribution is 2.13. The van der Waals surface area contributed by atoms with Gasteiger partial charge in [0.2, 0.25) is 5.91 Å². The molecule has 0 aromatic heterocycles. The third kappa shape index (κ3) is 2.96. The van der Waals surface area contributed by atoms with Crippen molar-refractivity contribution < 1.29 is 13.9 Å². The van der Waals surface area contributed by atoms with Crippen LogP contribution in [-0.2, 0) is 16.0 Å². The van der Waals surface area contributed by atoms with Gasteiger partial charge < -0.3 is 9.64 Å². The first-order valence-corrected chi connectivity index (χ1v) is 5.97. The summed E-state index contributed by atoms with van der Waals surface area (Å²) in [6.45, 7) is 6.00. The van der Waals surface area contributed by atoms with Gasteiger partial charge >= 0.3 is 0 Å². The summed E-state index contributed by atoms with van der Waals surface area (Å²) in [5, 5.41) is 0. The van der Waals surface area contributed by atoms with Gasteiger partial charge in [0.25, 0.3) is 0 Å². The number of benzene rings is 1. The van der Waals surface area contributed by atoms with Crippen LogP contribution < -0.4 is 0 Å². The molecule has 1 aromatic carbocycles. The van der Waals surface area contributed by atoms with Gasteiger partial charge in [-0.1, -0.05) is 18.7 Å². The average Bonchev–Trinajstić information content (AvgIpc) is 2.42. The summed E-state index contributed by atoms with van der Waals surface area (Å²) in [5.74, 6) is -0.257. The lowest BCUT2D eigenvalue weighted by molar-refractivity contribution is -0.134. The van der Waals surface area contributed by atoms with Crippen molar-refractivity contribution in [1.82, 2.24) is 4.90 Å². The normalized spacial score (nSPS) is 15.5. The Bertz CT molecular complexity index is 453. The van der Waals surface area contributed by atoms with E-state index in [1.165, 1.54) is 12.1 Å². The first-order valence-electron chi connectivity index (χ1n) is 5.97. The van der Waals surface area contributed by atoms with Crippen molar-refractivity contribution in [1.29, 1.82) is 0 Å². The molecule has 0 radical (unpaired) electrons. The summed E-state index contributed by atoms with van der Waals surface area (Å²) in [6, 6.07) is 4.68. The SMILES string of the molecule is C=Cc1cc(CC(=O)N2CCOCC2)ccc1F. The Kier molecular flexibility index (Phi) is 4.10. The first kappa shape index (κ1) is 12.8. The van der Waals surface area contributed by atoms with Gasteiger partial charge in [-0.25, -0.2) is 4.39 Å². The van der Waals surface area contributed by atoms with Crippen molar-refractivity contribution in [2.24, 2.45) is 0 Å². The maximum Gasteiger partial charge on any atom is 0.227 e. The van der Waals surface area contributed by atoms with Crippen molar-refractivity contribution in [2.45, 2.75) is 6.42 Å². The van der Waals surface area contributed by atoms with Crippen molar-refractivity contribution in [3.8, 4) is 0 Å². The molecule has 0 saturated carbocycles. The topological polar surface area (TPSA) is 29.5 Å². The number of hydrogen-bond acceptors (Lipinski definition) is 2. The number of rotatable bonds is 3. The molecule has 0 bridgehead atoms. The Hall–Kier alpha value is -1.68. The first-order chi connectivity index (χ1) is 8.70. The largest absolute Gasteiger partial charge is 0.378 e. The zero-order chi connectivity index (χ0) is 13.0. The molecule has 1 fully saturated rings. The van der Waals surface area contributed by atoms with E-state index in [2.05, 4.69) is 6.58 Å². The number of hydrogen-bond donors (Lipinski definition) is 0. The second kappa shape index (κ2) is 5.78. The van der Waals surface area contributed by atoms with Gasteiger partial charge in [0.1, 0.15) is 5.82 Å². The van der Waals surface area contributed by atoms with Crippen molar-refractivity contribution in [2.75, 3.05) is 26.3 Å². The number of ether oxygens (including phenoxy) is 1. The second-order valence-corrected chi connectivity index (χ2v) is 4.23. The number of nitrogens with zero attached hydrogens (tertiary/aromatic N) is 1. The molecule has 0 aliphatic carbocycles. The van der Waals surface area contributed by atoms with Gasteiger partial charge in [-0.05, 0) is 17.7 Å². The fourth-order valence-electron chi connectivity index (χ4n) is 1.96. The summed E-state index contributed by atoms with van der Waals surface area (Å²) in [7, 11) is 0. The smallest absolute Gasteiger partial charge is 0.227 e. The second-order valence-electron chi connectivity index (χ2n) is 4.23. The lowest BCUT2D eigenvalue weighted by Crippen LogP contribution is -2.41. The Labute approximate surface area is 106 Å². The molecule has 3 nitrogen and oxygen atoms in total. The minimum absolute atomic E-state index is 0.0555. The average molecular weight is 249 g/mol. The molecule has 1 amide bonds. The molecule has 96 valence electrons. The van der Waals surface area contributed by atoms with Crippen LogP contribution in [0.3, 0.4) is 0 Å². The predicted molar refractivity (Wildman–Crippen MR) is 67.6 cm³/mol. The van der Waals surface area contributed by atoms with Crippen LogP contribution in [-0.4, -0.2) is 37.1 Å². The van der Waals surface area contributed by atoms with E-state index in [9.17, 15) is 9.18 Å². The van der Waals surface area contributed by atoms with Crippen LogP contribution in [0.1, 0.15) is 11.1 Å². The van der Waals surface area contributed by atoms with E-state index >= 15 is 0 Å². The summed E-state index contributed by atoms with van der Waals surface area (Å²) in [5.41, 5.74) is 1.24. The number of carbonyl (C=O) groups is 1. The Balaban J connectivity index is 2.04. The van der Waals surface area contributed by atoms with E-state index in [0.717, 1.165) is 5.56 Å². The molecule has 18 heavy (non-hydrogen) atoms. The monoisotopic (exact) mass is 249 g/mol. The van der Waals surface area contributed by atoms with Crippen LogP contribution in [0.25, 0.3) is 6.08 Å². The molecule has 0 unspecified atom stereocenters. The quantitative estimate of drug-likeness (QED) is 0.818. The van der Waals surface area contributed by atoms with Gasteiger partial charge in [-0.15, -0.1) is 0 Å². The van der Waals surface area contributed by atoms with Crippen molar-refractivity contribution >= 4 is 12.0 Å². The number of amides is 1. The van der Waals surface area contributed by atoms with E-state index in [4.69, 9.17) is 4.74 Å². The van der Waals surface area contributed by atoms with Gasteiger partial charge in [0.05, 0.1) is 19.6 Å². The third-order valence-electron chi connectivity index (χ3n) is 3.00. The Morgan fingerprint density at radius 1 is 1.44 bits per heavy atom. The lowest BCUT2D eigenvalue weighted by atomic mass is 10.1. The molecule has 1 heterocycles. The van der Waals surface area contributed by atoms with Gasteiger partial charge in [-0.2, -0.15) is 0 Å². The van der Waals surface area contributed by atoms with Crippen molar-refractivity contribution in [3.05, 3.63) is 41.7 Å². The molecule has 1 aliphatic heterocycles. The van der Waals surface area contributed by atoms with Crippen molar-refractivity contribution in [3.63, 3.8) is 0 Å². The maximum atomic E-state index is 13.3. The third-order valence-corrected chi connectivity index (χ3v) is 3.00. The van der Waals surface area contributed by atoms with Crippen LogP contribution in [0.4, 0.5) is 4.39 Å². The maximum absolute atomic E-state index is 13.3. The Morgan fingerprint density at radius 3 is 2.83 bits per heavy atom. The molecule has 1 aliphatic rings. The van der Waals surface area contributed by atoms with E-state index in [1.54, 1.807) is 17.0 Å². The molecule has 0 N–H and O–H groups in total. The fraction of sp³-hybridized carbons (Fsp3) is 0.357. The Morgan fingerprint density at radius 2 is 2.17 bits per heavy atom. The van der Waals surface area contributed by atoms with E-state index in [-0.39, 0.29) is 11.7 Å². The van der Waals surface area contributed by atoms with Gasteiger partial charge in [0.15, 0.2) is 0 Å². The fourth-order valence-corrected chi connectivity index (χ4v) is 1.96. The van der Waals surface area contributed by atoms with E-state index < -0.39 is 0 Å². The molecule has 0 spiro atoms. The summed E-state index contributed by atoms with van der Waals surface area (Å²) < 4.78 is 18.5. The summed E-state index contributed by atoms with van der Waals surface area (Å²) in [6.07, 6.45) is 1.75. The standard InChI is InChI=1S/C14H16FNO2/c1-2-12-9-11(3-4-13(12)15)10-14(17)16-5-7-18-8-6-16/h2-4,9H,1,5-8,10H2. The molecule has 1 aromatic rings. The van der Waals surface area contributed by atoms with Crippen LogP contribution in [0.5, 0.6) is 0 Å². The number of carbonyl (C=O) groups excluding carboxylic acids is 1. The molecule has 2 rings (SSSR count). The summed E-state index contributed by atoms with van der Waals surface area (Å²) in [4.78, 5) is 13.8. The highest BCUT2D eigenvalue weighted by atomic mass is 19.1. The molecule has 4 heteroatoms. The highest BCUT2D eigenvalue weighted by Gasteiger charge is 2.17. The van der Waals surface area contributed by atoms with E-state index in [0.29, 0.717) is 38.3 Å². The predicted octanol–water partition coefficient (Wildman–Crippen LogP) is 1.87. The zero-order valence-electron chi connectivity index (χ0n) is 10.2. The van der Waals surface area contributed by atoms with Crippen LogP contribution in [0.2, 0.25) is 0 Å². The van der Waals surface area contributed by atoms with Crippen LogP contribution >= 0.6 is 0 Å². The van der Waals surface area contributed by atoms with Gasteiger partial charge in [-0.3, -0.25) is 4.79 Å². The van der Waals surface area contributed by atoms with Crippen LogP contribution in [0.15, 0.2) is 24.8 Å². The number of halogens is 1. The lowest BCUT2D eigenvalue weighted by Gasteiger charge is -2.26. The molecule has 1 saturated heterocycles. The van der Waals surface area contributed by atoms with E-state index in [1.807, 2.05) is 0 Å². The highest BCUT2D eigenvalue weighted by molar-refractivity contribution is 5.79. The minimum atomic E-state index is -0.312. The molecule has 0 atom stereocenters. The number of morpholine rings is 1. The molecular weight excluding hydrogens is 233 g/mol. The zero-order valence-corrected chi connectivity index (χ0v) is 10.2.